The molecular formula is C18H17N3O. The van der Waals surface area contributed by atoms with E-state index in [0.717, 1.165) is 35.8 Å². The number of allylic oxidation sites excluding steroid dienone is 1. The van der Waals surface area contributed by atoms with Crippen molar-refractivity contribution in [2.45, 2.75) is 19.3 Å². The van der Waals surface area contributed by atoms with Crippen molar-refractivity contribution in [2.24, 2.45) is 4.99 Å². The smallest absolute Gasteiger partial charge is 0.248 e. The van der Waals surface area contributed by atoms with Crippen molar-refractivity contribution in [3.05, 3.63) is 71.2 Å². The molecule has 0 fully saturated rings. The monoisotopic (exact) mass is 291 g/mol. The zero-order valence-electron chi connectivity index (χ0n) is 12.4. The fourth-order valence-electron chi connectivity index (χ4n) is 3.28. The van der Waals surface area contributed by atoms with Crippen LogP contribution in [0.25, 0.3) is 0 Å². The van der Waals surface area contributed by atoms with E-state index in [2.05, 4.69) is 41.4 Å². The second kappa shape index (κ2) is 4.98. The van der Waals surface area contributed by atoms with Gasteiger partial charge < -0.3 is 10.2 Å². The maximum Gasteiger partial charge on any atom is 0.248 e. The summed E-state index contributed by atoms with van der Waals surface area (Å²) in [7, 11) is 0. The number of amidine groups is 1. The zero-order valence-corrected chi connectivity index (χ0v) is 12.4. The lowest BCUT2D eigenvalue weighted by Crippen LogP contribution is -2.34. The van der Waals surface area contributed by atoms with Crippen LogP contribution in [-0.2, 0) is 4.79 Å². The van der Waals surface area contributed by atoms with Crippen molar-refractivity contribution in [2.75, 3.05) is 6.54 Å². The zero-order chi connectivity index (χ0) is 15.1. The van der Waals surface area contributed by atoms with Crippen LogP contribution < -0.4 is 5.32 Å². The highest BCUT2D eigenvalue weighted by Gasteiger charge is 2.34. The molecule has 3 heterocycles. The molecule has 0 saturated heterocycles. The van der Waals surface area contributed by atoms with Gasteiger partial charge in [0.05, 0.1) is 5.70 Å². The van der Waals surface area contributed by atoms with Crippen LogP contribution in [0.2, 0.25) is 0 Å². The van der Waals surface area contributed by atoms with Crippen molar-refractivity contribution in [1.82, 2.24) is 10.2 Å². The molecule has 0 aromatic heterocycles. The van der Waals surface area contributed by atoms with E-state index in [0.29, 0.717) is 0 Å². The number of hydrogen-bond acceptors (Lipinski definition) is 3. The van der Waals surface area contributed by atoms with Gasteiger partial charge in [-0.25, -0.2) is 4.99 Å². The first-order chi connectivity index (χ1) is 10.7. The Bertz CT molecular complexity index is 756. The van der Waals surface area contributed by atoms with Gasteiger partial charge in [0.15, 0.2) is 0 Å². The summed E-state index contributed by atoms with van der Waals surface area (Å²) in [6.45, 7) is 3.04. The Labute approximate surface area is 129 Å². The van der Waals surface area contributed by atoms with E-state index >= 15 is 0 Å². The van der Waals surface area contributed by atoms with Gasteiger partial charge in [-0.2, -0.15) is 0 Å². The number of hydrogen-bond donors (Lipinski definition) is 1. The van der Waals surface area contributed by atoms with Crippen LogP contribution in [0.3, 0.4) is 0 Å². The molecule has 1 unspecified atom stereocenters. The summed E-state index contributed by atoms with van der Waals surface area (Å²) in [6, 6.07) is 10.4. The average Bonchev–Trinajstić information content (AvgIpc) is 2.89. The molecular weight excluding hydrogens is 274 g/mol. The molecule has 4 rings (SSSR count). The number of rotatable bonds is 2. The van der Waals surface area contributed by atoms with Gasteiger partial charge in [-0.1, -0.05) is 37.3 Å². The van der Waals surface area contributed by atoms with Crippen molar-refractivity contribution in [3.63, 3.8) is 0 Å². The van der Waals surface area contributed by atoms with E-state index in [4.69, 9.17) is 4.99 Å². The summed E-state index contributed by atoms with van der Waals surface area (Å²) < 4.78 is 0. The van der Waals surface area contributed by atoms with E-state index in [1.165, 1.54) is 5.56 Å². The topological polar surface area (TPSA) is 44.7 Å². The molecule has 0 aliphatic carbocycles. The molecule has 1 atom stereocenters. The first kappa shape index (κ1) is 13.1. The molecule has 1 N–H and O–H groups in total. The van der Waals surface area contributed by atoms with Gasteiger partial charge in [0.25, 0.3) is 0 Å². The van der Waals surface area contributed by atoms with E-state index in [1.807, 2.05) is 18.3 Å². The molecule has 0 saturated carbocycles. The van der Waals surface area contributed by atoms with Crippen molar-refractivity contribution in [1.29, 1.82) is 0 Å². The van der Waals surface area contributed by atoms with Gasteiger partial charge in [-0.3, -0.25) is 4.79 Å². The van der Waals surface area contributed by atoms with Crippen LogP contribution in [0.4, 0.5) is 0 Å². The van der Waals surface area contributed by atoms with Crippen molar-refractivity contribution in [3.8, 4) is 0 Å². The summed E-state index contributed by atoms with van der Waals surface area (Å²) >= 11 is 0. The van der Waals surface area contributed by atoms with E-state index in [9.17, 15) is 4.79 Å². The van der Waals surface area contributed by atoms with Crippen LogP contribution in [0.5, 0.6) is 0 Å². The summed E-state index contributed by atoms with van der Waals surface area (Å²) in [4.78, 5) is 18.7. The van der Waals surface area contributed by atoms with Crippen LogP contribution in [0, 0.1) is 0 Å². The Balaban J connectivity index is 1.76. The summed E-state index contributed by atoms with van der Waals surface area (Å²) in [5, 5.41) is 2.99. The highest BCUT2D eigenvalue weighted by Crippen LogP contribution is 2.35. The predicted octanol–water partition coefficient (Wildman–Crippen LogP) is 2.69. The van der Waals surface area contributed by atoms with Crippen molar-refractivity contribution < 1.29 is 4.79 Å². The minimum atomic E-state index is -0.0580. The van der Waals surface area contributed by atoms with Crippen LogP contribution in [0.1, 0.15) is 24.8 Å². The van der Waals surface area contributed by atoms with E-state index in [-0.39, 0.29) is 11.8 Å². The Morgan fingerprint density at radius 1 is 1.23 bits per heavy atom. The number of carbonyl (C=O) groups excluding carboxylic acids is 1. The van der Waals surface area contributed by atoms with Crippen molar-refractivity contribution >= 4 is 11.7 Å². The summed E-state index contributed by atoms with van der Waals surface area (Å²) in [6.07, 6.45) is 6.15. The molecule has 110 valence electrons. The summed E-state index contributed by atoms with van der Waals surface area (Å²) in [5.41, 5.74) is 4.37. The quantitative estimate of drug-likeness (QED) is 0.910. The van der Waals surface area contributed by atoms with Gasteiger partial charge in [-0.15, -0.1) is 0 Å². The molecule has 3 aliphatic rings. The molecule has 1 aromatic rings. The number of benzene rings is 1. The molecule has 0 radical (unpaired) electrons. The lowest BCUT2D eigenvalue weighted by atomic mass is 9.97. The number of carbonyl (C=O) groups is 1. The second-order valence-electron chi connectivity index (χ2n) is 5.76. The van der Waals surface area contributed by atoms with Gasteiger partial charge >= 0.3 is 0 Å². The van der Waals surface area contributed by atoms with Gasteiger partial charge in [0, 0.05) is 42.4 Å². The van der Waals surface area contributed by atoms with Crippen LogP contribution in [0.15, 0.2) is 70.6 Å². The van der Waals surface area contributed by atoms with Gasteiger partial charge in [0.2, 0.25) is 5.91 Å². The number of nitrogens with one attached hydrogen (secondary N) is 1. The molecule has 4 heteroatoms. The fraction of sp³-hybridized carbons (Fsp3) is 0.222. The van der Waals surface area contributed by atoms with Crippen LogP contribution >= 0.6 is 0 Å². The average molecular weight is 291 g/mol. The molecule has 0 spiro atoms. The normalized spacial score (nSPS) is 21.0. The van der Waals surface area contributed by atoms with E-state index in [1.54, 1.807) is 6.08 Å². The third kappa shape index (κ3) is 1.99. The molecule has 4 nitrogen and oxygen atoms in total. The highest BCUT2D eigenvalue weighted by atomic mass is 16.1. The maximum atomic E-state index is 11.7. The Morgan fingerprint density at radius 3 is 2.86 bits per heavy atom. The largest absolute Gasteiger partial charge is 0.327 e. The SMILES string of the molecule is CC(C1=NC=C2C=CC(=O)NC3=C2N1CC3)c1ccccc1. The minimum absolute atomic E-state index is 0.0580. The number of nitrogens with zero attached hydrogens (tertiary/aromatic N) is 2. The molecule has 3 aliphatic heterocycles. The van der Waals surface area contributed by atoms with Gasteiger partial charge in [0.1, 0.15) is 5.84 Å². The van der Waals surface area contributed by atoms with E-state index < -0.39 is 0 Å². The fourth-order valence-corrected chi connectivity index (χ4v) is 3.28. The highest BCUT2D eigenvalue weighted by molar-refractivity contribution is 5.96. The Morgan fingerprint density at radius 2 is 2.05 bits per heavy atom. The maximum absolute atomic E-state index is 11.7. The second-order valence-corrected chi connectivity index (χ2v) is 5.76. The third-order valence-electron chi connectivity index (χ3n) is 4.40. The van der Waals surface area contributed by atoms with Gasteiger partial charge in [-0.05, 0) is 11.6 Å². The molecule has 22 heavy (non-hydrogen) atoms. The number of amides is 1. The standard InChI is InChI=1S/C18H17N3O/c1-12(13-5-3-2-4-6-13)18-19-11-14-7-8-16(22)20-15-9-10-21(18)17(14)15/h2-8,11-12H,9-10H2,1H3,(H,20,22). The molecule has 0 bridgehead atoms. The summed E-state index contributed by atoms with van der Waals surface area (Å²) in [5.74, 6) is 1.20. The molecule has 1 aromatic carbocycles. The molecule has 1 amide bonds. The Hall–Kier alpha value is -2.62. The lowest BCUT2D eigenvalue weighted by Gasteiger charge is -2.31. The number of aliphatic imine (C=N–C) groups is 1. The first-order valence-corrected chi connectivity index (χ1v) is 7.57. The minimum Gasteiger partial charge on any atom is -0.327 e. The van der Waals surface area contributed by atoms with Crippen LogP contribution in [-0.4, -0.2) is 23.2 Å². The third-order valence-corrected chi connectivity index (χ3v) is 4.40. The lowest BCUT2D eigenvalue weighted by molar-refractivity contribution is -0.115. The first-order valence-electron chi connectivity index (χ1n) is 7.57. The predicted molar refractivity (Wildman–Crippen MR) is 86.0 cm³/mol. The Kier molecular flexibility index (Phi) is 2.96.